The molecule has 0 fully saturated rings. The van der Waals surface area contributed by atoms with Gasteiger partial charge in [0, 0.05) is 10.4 Å². The Morgan fingerprint density at radius 3 is 1.14 bits per heavy atom. The van der Waals surface area contributed by atoms with E-state index in [1.807, 2.05) is 0 Å². The number of hydrogen-bond donors (Lipinski definition) is 1. The Morgan fingerprint density at radius 2 is 1.14 bits per heavy atom. The Labute approximate surface area is 56.1 Å². The SMILES string of the molecule is N.O=S(=O)([O-])[O-].[Ti+4]. The van der Waals surface area contributed by atoms with Crippen molar-refractivity contribution in [2.45, 2.75) is 0 Å². The van der Waals surface area contributed by atoms with Crippen molar-refractivity contribution in [3.8, 4) is 0 Å². The van der Waals surface area contributed by atoms with Gasteiger partial charge in [-0.3, -0.25) is 8.42 Å². The maximum atomic E-state index is 8.52. The summed E-state index contributed by atoms with van der Waals surface area (Å²) in [6, 6.07) is 0. The Morgan fingerprint density at radius 1 is 1.14 bits per heavy atom. The molecule has 7 heavy (non-hydrogen) atoms. The van der Waals surface area contributed by atoms with E-state index in [0.717, 1.165) is 0 Å². The molecular formula is H3NO4STi+2. The number of rotatable bonds is 0. The monoisotopic (exact) mass is 161 g/mol. The van der Waals surface area contributed by atoms with Crippen LogP contribution in [0.25, 0.3) is 0 Å². The minimum absolute atomic E-state index is 0. The Bertz CT molecular complexity index is 94.9. The van der Waals surface area contributed by atoms with Gasteiger partial charge in [0.25, 0.3) is 0 Å². The molecule has 0 aromatic carbocycles. The summed E-state index contributed by atoms with van der Waals surface area (Å²) in [4.78, 5) is 0. The third-order valence-corrected chi connectivity index (χ3v) is 0. The molecule has 0 aliphatic carbocycles. The van der Waals surface area contributed by atoms with Crippen molar-refractivity contribution >= 4 is 10.4 Å². The molecule has 0 aromatic heterocycles. The van der Waals surface area contributed by atoms with Crippen molar-refractivity contribution in [3.63, 3.8) is 0 Å². The van der Waals surface area contributed by atoms with E-state index < -0.39 is 10.4 Å². The van der Waals surface area contributed by atoms with Crippen LogP contribution in [0.4, 0.5) is 0 Å². The molecule has 0 aromatic rings. The average Bonchev–Trinajstić information content (AvgIpc) is 0.722. The summed E-state index contributed by atoms with van der Waals surface area (Å²) in [5.41, 5.74) is 0. The van der Waals surface area contributed by atoms with Crippen LogP contribution in [0.5, 0.6) is 0 Å². The molecule has 5 nitrogen and oxygen atoms in total. The Hall–Kier alpha value is 0.544. The first-order valence-corrected chi connectivity index (χ1v) is 2.00. The van der Waals surface area contributed by atoms with Crippen molar-refractivity contribution in [2.24, 2.45) is 0 Å². The molecule has 7 heteroatoms. The minimum Gasteiger partial charge on any atom is -0.759 e. The molecule has 0 aliphatic heterocycles. The van der Waals surface area contributed by atoms with Crippen LogP contribution in [0.15, 0.2) is 0 Å². The van der Waals surface area contributed by atoms with E-state index in [4.69, 9.17) is 17.5 Å². The molecule has 0 saturated carbocycles. The molecule has 0 radical (unpaired) electrons. The zero-order valence-electron chi connectivity index (χ0n) is 3.25. The van der Waals surface area contributed by atoms with Gasteiger partial charge in [0.2, 0.25) is 0 Å². The van der Waals surface area contributed by atoms with Gasteiger partial charge in [-0.25, -0.2) is 0 Å². The summed E-state index contributed by atoms with van der Waals surface area (Å²) in [7, 11) is -5.17. The van der Waals surface area contributed by atoms with Gasteiger partial charge >= 0.3 is 21.7 Å². The number of hydrogen-bond acceptors (Lipinski definition) is 5. The smallest absolute Gasteiger partial charge is 0.759 e. The van der Waals surface area contributed by atoms with Gasteiger partial charge in [-0.1, -0.05) is 0 Å². The predicted octanol–water partition coefficient (Wildman–Crippen LogP) is -1.18. The molecule has 0 bridgehead atoms. The third kappa shape index (κ3) is 456. The van der Waals surface area contributed by atoms with Crippen LogP contribution in [0, 0.1) is 0 Å². The van der Waals surface area contributed by atoms with E-state index in [1.54, 1.807) is 0 Å². The van der Waals surface area contributed by atoms with E-state index in [2.05, 4.69) is 0 Å². The fourth-order valence-corrected chi connectivity index (χ4v) is 0. The summed E-state index contributed by atoms with van der Waals surface area (Å²) in [5.74, 6) is 0. The maximum absolute atomic E-state index is 8.52. The van der Waals surface area contributed by atoms with Crippen molar-refractivity contribution in [2.75, 3.05) is 0 Å². The molecule has 0 spiro atoms. The van der Waals surface area contributed by atoms with Crippen LogP contribution >= 0.6 is 0 Å². The topological polar surface area (TPSA) is 115 Å². The van der Waals surface area contributed by atoms with Gasteiger partial charge in [-0.15, -0.1) is 0 Å². The van der Waals surface area contributed by atoms with Gasteiger partial charge in [0.05, 0.1) is 0 Å². The van der Waals surface area contributed by atoms with E-state index in [0.29, 0.717) is 0 Å². The summed E-state index contributed by atoms with van der Waals surface area (Å²) < 4.78 is 34.1. The molecule has 0 rings (SSSR count). The van der Waals surface area contributed by atoms with Crippen LogP contribution in [0.1, 0.15) is 0 Å². The second kappa shape index (κ2) is 4.70. The molecule has 40 valence electrons. The Balaban J connectivity index is -0.0000000800. The first kappa shape index (κ1) is 15.6. The average molecular weight is 161 g/mol. The quantitative estimate of drug-likeness (QED) is 0.272. The van der Waals surface area contributed by atoms with Gasteiger partial charge < -0.3 is 15.3 Å². The summed E-state index contributed by atoms with van der Waals surface area (Å²) >= 11 is 0. The molecule has 0 heterocycles. The van der Waals surface area contributed by atoms with E-state index in [-0.39, 0.29) is 27.9 Å². The first-order valence-electron chi connectivity index (χ1n) is 0.667. The second-order valence-corrected chi connectivity index (χ2v) is 1.22. The summed E-state index contributed by atoms with van der Waals surface area (Å²) in [6.45, 7) is 0. The molecular weight excluding hydrogens is 158 g/mol. The van der Waals surface area contributed by atoms with Crippen LogP contribution in [0.2, 0.25) is 0 Å². The zero-order chi connectivity index (χ0) is 4.50. The normalized spacial score (nSPS) is 8.29. The van der Waals surface area contributed by atoms with Crippen molar-refractivity contribution < 1.29 is 39.2 Å². The predicted molar refractivity (Wildman–Crippen MR) is 15.5 cm³/mol. The fraction of sp³-hybridized carbons (Fsp3) is 0. The van der Waals surface area contributed by atoms with Crippen LogP contribution in [0.3, 0.4) is 0 Å². The summed E-state index contributed by atoms with van der Waals surface area (Å²) in [6.07, 6.45) is 0. The van der Waals surface area contributed by atoms with E-state index in [9.17, 15) is 0 Å². The largest absolute Gasteiger partial charge is 4.00 e. The van der Waals surface area contributed by atoms with Crippen LogP contribution < -0.4 is 6.15 Å². The van der Waals surface area contributed by atoms with Crippen molar-refractivity contribution in [1.29, 1.82) is 0 Å². The third-order valence-electron chi connectivity index (χ3n) is 0. The summed E-state index contributed by atoms with van der Waals surface area (Å²) in [5, 5.41) is 0. The Kier molecular flexibility index (Phi) is 10.5. The fourth-order valence-electron chi connectivity index (χ4n) is 0. The molecule has 0 unspecified atom stereocenters. The van der Waals surface area contributed by atoms with Crippen molar-refractivity contribution in [3.05, 3.63) is 0 Å². The van der Waals surface area contributed by atoms with Crippen molar-refractivity contribution in [1.82, 2.24) is 6.15 Å². The van der Waals surface area contributed by atoms with E-state index >= 15 is 0 Å². The van der Waals surface area contributed by atoms with Gasteiger partial charge in [-0.05, 0) is 0 Å². The zero-order valence-corrected chi connectivity index (χ0v) is 5.63. The molecule has 3 N–H and O–H groups in total. The maximum Gasteiger partial charge on any atom is 4.00 e. The molecule has 0 amide bonds. The van der Waals surface area contributed by atoms with Gasteiger partial charge in [-0.2, -0.15) is 0 Å². The molecule has 0 saturated heterocycles. The van der Waals surface area contributed by atoms with E-state index in [1.165, 1.54) is 0 Å². The molecule has 0 atom stereocenters. The minimum atomic E-state index is -5.17. The first-order chi connectivity index (χ1) is 2.00. The van der Waals surface area contributed by atoms with Gasteiger partial charge in [0.15, 0.2) is 0 Å². The van der Waals surface area contributed by atoms with Crippen LogP contribution in [-0.4, -0.2) is 17.5 Å². The van der Waals surface area contributed by atoms with Gasteiger partial charge in [0.1, 0.15) is 0 Å². The standard InChI is InChI=1S/H3N.H2O4S.Ti/c;1-5(2,3)4;/h1H3;(H2,1,2,3,4);/q;;+4/p-2. The molecule has 0 aliphatic rings. The second-order valence-electron chi connectivity index (χ2n) is 0.408. The van der Waals surface area contributed by atoms with Crippen LogP contribution in [-0.2, 0) is 32.1 Å².